The van der Waals surface area contributed by atoms with Crippen LogP contribution >= 0.6 is 0 Å². The second-order valence-electron chi connectivity index (χ2n) is 3.62. The van der Waals surface area contributed by atoms with Gasteiger partial charge in [-0.05, 0) is 19.8 Å². The highest BCUT2D eigenvalue weighted by atomic mass is 19.3. The molecule has 1 fully saturated rings. The van der Waals surface area contributed by atoms with Gasteiger partial charge < -0.3 is 10.0 Å². The van der Waals surface area contributed by atoms with Crippen LogP contribution in [-0.4, -0.2) is 41.0 Å². The van der Waals surface area contributed by atoms with Gasteiger partial charge in [0.15, 0.2) is 0 Å². The van der Waals surface area contributed by atoms with Crippen molar-refractivity contribution in [3.63, 3.8) is 0 Å². The monoisotopic (exact) mass is 193 g/mol. The van der Waals surface area contributed by atoms with E-state index in [4.69, 9.17) is 0 Å². The van der Waals surface area contributed by atoms with Crippen LogP contribution in [0.4, 0.5) is 8.78 Å². The molecule has 0 aromatic rings. The zero-order valence-corrected chi connectivity index (χ0v) is 7.46. The van der Waals surface area contributed by atoms with Crippen LogP contribution in [0.1, 0.15) is 19.8 Å². The molecular formula is C8H13F2NO2. The standard InChI is InChI=1S/C8H13F2NO2/c1-8(13)2-4-11(5-3-8)7(12)6(9)10/h6,13H,2-5H2,1H3. The molecule has 1 N–H and O–H groups in total. The molecule has 1 aliphatic rings. The number of hydrogen-bond donors (Lipinski definition) is 1. The first kappa shape index (κ1) is 10.4. The van der Waals surface area contributed by atoms with Gasteiger partial charge in [0.05, 0.1) is 5.60 Å². The van der Waals surface area contributed by atoms with Crippen LogP contribution in [-0.2, 0) is 4.79 Å². The van der Waals surface area contributed by atoms with Crippen molar-refractivity contribution in [1.82, 2.24) is 4.90 Å². The number of hydrogen-bond acceptors (Lipinski definition) is 2. The Bertz CT molecular complexity index is 196. The Morgan fingerprint density at radius 3 is 2.31 bits per heavy atom. The highest BCUT2D eigenvalue weighted by Gasteiger charge is 2.32. The van der Waals surface area contributed by atoms with Gasteiger partial charge in [0.1, 0.15) is 0 Å². The third-order valence-electron chi connectivity index (χ3n) is 2.34. The number of piperidine rings is 1. The minimum absolute atomic E-state index is 0.218. The molecule has 13 heavy (non-hydrogen) atoms. The molecule has 1 saturated heterocycles. The average Bonchev–Trinajstić information content (AvgIpc) is 2.03. The number of likely N-dealkylation sites (tertiary alicyclic amines) is 1. The first-order valence-corrected chi connectivity index (χ1v) is 4.22. The highest BCUT2D eigenvalue weighted by molar-refractivity contribution is 5.79. The lowest BCUT2D eigenvalue weighted by atomic mass is 9.94. The largest absolute Gasteiger partial charge is 0.390 e. The zero-order chi connectivity index (χ0) is 10.1. The van der Waals surface area contributed by atoms with Crippen LogP contribution in [0.25, 0.3) is 0 Å². The smallest absolute Gasteiger partial charge is 0.315 e. The number of aliphatic hydroxyl groups is 1. The molecule has 0 unspecified atom stereocenters. The van der Waals surface area contributed by atoms with Crippen molar-refractivity contribution in [3.8, 4) is 0 Å². The Labute approximate surface area is 75.3 Å². The van der Waals surface area contributed by atoms with E-state index in [1.807, 2.05) is 0 Å². The third-order valence-corrected chi connectivity index (χ3v) is 2.34. The quantitative estimate of drug-likeness (QED) is 0.663. The summed E-state index contributed by atoms with van der Waals surface area (Å²) in [6, 6.07) is 0. The summed E-state index contributed by atoms with van der Waals surface area (Å²) < 4.78 is 23.9. The number of amides is 1. The summed E-state index contributed by atoms with van der Waals surface area (Å²) in [5.74, 6) is -1.13. The molecule has 0 atom stereocenters. The molecule has 0 saturated carbocycles. The Hall–Kier alpha value is -0.710. The fourth-order valence-corrected chi connectivity index (χ4v) is 1.35. The van der Waals surface area contributed by atoms with Gasteiger partial charge in [-0.15, -0.1) is 0 Å². The third kappa shape index (κ3) is 2.62. The van der Waals surface area contributed by atoms with E-state index >= 15 is 0 Å². The first-order valence-electron chi connectivity index (χ1n) is 4.22. The molecule has 0 radical (unpaired) electrons. The predicted octanol–water partition coefficient (Wildman–Crippen LogP) is 0.625. The SMILES string of the molecule is CC1(O)CCN(C(=O)C(F)F)CC1. The van der Waals surface area contributed by atoms with Gasteiger partial charge in [0.25, 0.3) is 5.91 Å². The summed E-state index contributed by atoms with van der Waals surface area (Å²) in [4.78, 5) is 11.9. The maximum atomic E-state index is 12.0. The lowest BCUT2D eigenvalue weighted by Crippen LogP contribution is -2.47. The lowest BCUT2D eigenvalue weighted by Gasteiger charge is -2.35. The van der Waals surface area contributed by atoms with Gasteiger partial charge in [-0.3, -0.25) is 4.79 Å². The maximum absolute atomic E-state index is 12.0. The van der Waals surface area contributed by atoms with Crippen LogP contribution in [0.3, 0.4) is 0 Å². The molecule has 0 spiro atoms. The molecule has 0 aromatic carbocycles. The summed E-state index contributed by atoms with van der Waals surface area (Å²) >= 11 is 0. The molecule has 76 valence electrons. The van der Waals surface area contributed by atoms with Crippen molar-refractivity contribution in [1.29, 1.82) is 0 Å². The fraction of sp³-hybridized carbons (Fsp3) is 0.875. The summed E-state index contributed by atoms with van der Waals surface area (Å²) in [5, 5.41) is 9.49. The Morgan fingerprint density at radius 2 is 1.92 bits per heavy atom. The van der Waals surface area contributed by atoms with Crippen LogP contribution in [0.2, 0.25) is 0 Å². The summed E-state index contributed by atoms with van der Waals surface area (Å²) in [7, 11) is 0. The number of alkyl halides is 2. The number of carbonyl (C=O) groups is 1. The van der Waals surface area contributed by atoms with E-state index in [0.29, 0.717) is 12.8 Å². The van der Waals surface area contributed by atoms with Crippen LogP contribution < -0.4 is 0 Å². The first-order chi connectivity index (χ1) is 5.92. The van der Waals surface area contributed by atoms with Crippen molar-refractivity contribution in [2.75, 3.05) is 13.1 Å². The summed E-state index contributed by atoms with van der Waals surface area (Å²) in [5.41, 5.74) is -0.807. The van der Waals surface area contributed by atoms with Gasteiger partial charge in [-0.25, -0.2) is 0 Å². The van der Waals surface area contributed by atoms with E-state index in [1.54, 1.807) is 6.92 Å². The van der Waals surface area contributed by atoms with E-state index < -0.39 is 17.9 Å². The normalized spacial score (nSPS) is 22.1. The van der Waals surface area contributed by atoms with E-state index in [2.05, 4.69) is 0 Å². The molecular weight excluding hydrogens is 180 g/mol. The molecule has 0 aromatic heterocycles. The minimum Gasteiger partial charge on any atom is -0.390 e. The van der Waals surface area contributed by atoms with Gasteiger partial charge >= 0.3 is 6.43 Å². The van der Waals surface area contributed by atoms with Crippen molar-refractivity contribution in [2.24, 2.45) is 0 Å². The van der Waals surface area contributed by atoms with Gasteiger partial charge in [-0.2, -0.15) is 8.78 Å². The number of carbonyl (C=O) groups excluding carboxylic acids is 1. The van der Waals surface area contributed by atoms with Crippen LogP contribution in [0, 0.1) is 0 Å². The molecule has 1 rings (SSSR count). The maximum Gasteiger partial charge on any atom is 0.315 e. The van der Waals surface area contributed by atoms with Crippen LogP contribution in [0.5, 0.6) is 0 Å². The lowest BCUT2D eigenvalue weighted by molar-refractivity contribution is -0.146. The molecule has 1 amide bonds. The second-order valence-corrected chi connectivity index (χ2v) is 3.62. The molecule has 1 aliphatic heterocycles. The van der Waals surface area contributed by atoms with Crippen molar-refractivity contribution < 1.29 is 18.7 Å². The van der Waals surface area contributed by atoms with E-state index in [0.717, 1.165) is 4.90 Å². The highest BCUT2D eigenvalue weighted by Crippen LogP contribution is 2.21. The number of rotatable bonds is 1. The number of nitrogens with zero attached hydrogens (tertiary/aromatic N) is 1. The zero-order valence-electron chi connectivity index (χ0n) is 7.46. The molecule has 5 heteroatoms. The Morgan fingerprint density at radius 1 is 1.46 bits per heavy atom. The fourth-order valence-electron chi connectivity index (χ4n) is 1.35. The summed E-state index contributed by atoms with van der Waals surface area (Å²) in [6.07, 6.45) is -2.19. The average molecular weight is 193 g/mol. The van der Waals surface area contributed by atoms with Crippen molar-refractivity contribution in [2.45, 2.75) is 31.8 Å². The Balaban J connectivity index is 2.46. The topological polar surface area (TPSA) is 40.5 Å². The van der Waals surface area contributed by atoms with E-state index in [9.17, 15) is 18.7 Å². The summed E-state index contributed by atoms with van der Waals surface area (Å²) in [6.45, 7) is 2.09. The van der Waals surface area contributed by atoms with E-state index in [1.165, 1.54) is 0 Å². The minimum atomic E-state index is -2.93. The van der Waals surface area contributed by atoms with Crippen LogP contribution in [0.15, 0.2) is 0 Å². The van der Waals surface area contributed by atoms with Gasteiger partial charge in [-0.1, -0.05) is 0 Å². The molecule has 0 aliphatic carbocycles. The van der Waals surface area contributed by atoms with Crippen molar-refractivity contribution in [3.05, 3.63) is 0 Å². The number of halogens is 2. The van der Waals surface area contributed by atoms with E-state index in [-0.39, 0.29) is 13.1 Å². The molecule has 1 heterocycles. The molecule has 0 bridgehead atoms. The van der Waals surface area contributed by atoms with Gasteiger partial charge in [0, 0.05) is 13.1 Å². The predicted molar refractivity (Wildman–Crippen MR) is 42.4 cm³/mol. The Kier molecular flexibility index (Phi) is 2.85. The molecule has 3 nitrogen and oxygen atoms in total. The van der Waals surface area contributed by atoms with Crippen molar-refractivity contribution >= 4 is 5.91 Å². The van der Waals surface area contributed by atoms with Gasteiger partial charge in [0.2, 0.25) is 0 Å². The second kappa shape index (κ2) is 3.57.